The van der Waals surface area contributed by atoms with Crippen molar-refractivity contribution < 1.29 is 0 Å². The minimum Gasteiger partial charge on any atom is -0.316 e. The Kier molecular flexibility index (Phi) is 3.71. The average molecular weight is 405 g/mol. The smallest absolute Gasteiger partial charge is 0.235 e. The number of hydrogen-bond donors (Lipinski definition) is 0. The van der Waals surface area contributed by atoms with Crippen molar-refractivity contribution in [2.24, 2.45) is 0 Å². The highest BCUT2D eigenvalue weighted by molar-refractivity contribution is 6.87. The maximum absolute atomic E-state index is 2.38. The molecule has 0 unspecified atom stereocenters. The molecule has 0 bridgehead atoms. The second-order valence-electron chi connectivity index (χ2n) is 8.57. The summed E-state index contributed by atoms with van der Waals surface area (Å²) in [6, 6.07) is 26.5. The maximum atomic E-state index is 2.38. The summed E-state index contributed by atoms with van der Waals surface area (Å²) in [5, 5.41) is 0. The van der Waals surface area contributed by atoms with Crippen LogP contribution in [0.3, 0.4) is 0 Å². The lowest BCUT2D eigenvalue weighted by molar-refractivity contribution is 1.17. The number of hydrogen-bond acceptors (Lipinski definition) is 1. The van der Waals surface area contributed by atoms with E-state index in [1.165, 1.54) is 55.7 Å². The molecule has 0 saturated heterocycles. The second kappa shape index (κ2) is 6.73. The molecule has 0 radical (unpaired) electrons. The van der Waals surface area contributed by atoms with Crippen LogP contribution < -0.4 is 10.4 Å². The number of fused-ring (bicyclic) bond motifs is 9. The predicted octanol–water partition coefficient (Wildman–Crippen LogP) is 6.34. The van der Waals surface area contributed by atoms with Gasteiger partial charge in [-0.3, -0.25) is 0 Å². The normalized spacial score (nSPS) is 17.1. The first-order valence-electron chi connectivity index (χ1n) is 11.2. The first kappa shape index (κ1) is 17.6. The number of anilines is 1. The van der Waals surface area contributed by atoms with Gasteiger partial charge in [-0.25, -0.2) is 0 Å². The van der Waals surface area contributed by atoms with Gasteiger partial charge in [0, 0.05) is 17.3 Å². The fraction of sp³-hybridized carbons (Fsp3) is 0. The Bertz CT molecular complexity index is 1460. The molecular weight excluding hydrogens is 385 g/mol. The molecule has 7 rings (SSSR count). The van der Waals surface area contributed by atoms with E-state index in [0.717, 1.165) is 0 Å². The molecule has 0 aromatic heterocycles. The van der Waals surface area contributed by atoms with Crippen LogP contribution in [-0.2, 0) is 0 Å². The monoisotopic (exact) mass is 405 g/mol. The van der Waals surface area contributed by atoms with Crippen molar-refractivity contribution >= 4 is 29.0 Å². The SMILES string of the molecule is C1=CB2C(=C3C(=C4C=CC=CN4c4ccc(-c5ccccc5)cc43)c3ccccc32)C=C1. The fourth-order valence-electron chi connectivity index (χ4n) is 5.50. The summed E-state index contributed by atoms with van der Waals surface area (Å²) in [5.41, 5.74) is 13.1. The van der Waals surface area contributed by atoms with Crippen LogP contribution in [0.4, 0.5) is 5.69 Å². The molecule has 3 aromatic carbocycles. The van der Waals surface area contributed by atoms with Gasteiger partial charge in [0.2, 0.25) is 6.71 Å². The van der Waals surface area contributed by atoms with Gasteiger partial charge in [-0.1, -0.05) is 95.9 Å². The predicted molar refractivity (Wildman–Crippen MR) is 137 cm³/mol. The van der Waals surface area contributed by atoms with Crippen LogP contribution in [0, 0.1) is 0 Å². The molecule has 0 spiro atoms. The van der Waals surface area contributed by atoms with Crippen LogP contribution in [0.15, 0.2) is 133 Å². The molecule has 0 aliphatic carbocycles. The van der Waals surface area contributed by atoms with Crippen LogP contribution in [0.2, 0.25) is 0 Å². The zero-order valence-electron chi connectivity index (χ0n) is 17.6. The third-order valence-electron chi connectivity index (χ3n) is 6.88. The first-order chi connectivity index (χ1) is 15.9. The topological polar surface area (TPSA) is 3.24 Å². The van der Waals surface area contributed by atoms with Gasteiger partial charge < -0.3 is 4.90 Å². The van der Waals surface area contributed by atoms with E-state index in [1.54, 1.807) is 0 Å². The third kappa shape index (κ3) is 2.41. The minimum absolute atomic E-state index is 0.290. The lowest BCUT2D eigenvalue weighted by atomic mass is 9.35. The van der Waals surface area contributed by atoms with Crippen molar-refractivity contribution in [3.8, 4) is 11.1 Å². The van der Waals surface area contributed by atoms with Gasteiger partial charge >= 0.3 is 0 Å². The molecule has 0 saturated carbocycles. The standard InChI is InChI=1S/C30H20BN/c1-2-10-21(11-3-1)22-16-17-27-24(20-22)29-26-14-6-8-18-31(26)25-13-5-4-12-23(25)30(29)28-15-7-9-19-32(27)28/h1-20H. The number of allylic oxidation sites excluding steroid dienone is 9. The van der Waals surface area contributed by atoms with Crippen molar-refractivity contribution in [1.82, 2.24) is 0 Å². The van der Waals surface area contributed by atoms with Gasteiger partial charge in [0.1, 0.15) is 0 Å². The summed E-state index contributed by atoms with van der Waals surface area (Å²) in [4.78, 5) is 2.35. The van der Waals surface area contributed by atoms with E-state index in [4.69, 9.17) is 0 Å². The van der Waals surface area contributed by atoms with E-state index in [-0.39, 0.29) is 0 Å². The van der Waals surface area contributed by atoms with Gasteiger partial charge in [-0.2, -0.15) is 0 Å². The van der Waals surface area contributed by atoms with Crippen molar-refractivity contribution in [2.45, 2.75) is 0 Å². The highest BCUT2D eigenvalue weighted by atomic mass is 15.1. The highest BCUT2D eigenvalue weighted by Gasteiger charge is 2.38. The summed E-state index contributed by atoms with van der Waals surface area (Å²) in [6.45, 7) is 0.290. The largest absolute Gasteiger partial charge is 0.316 e. The molecule has 148 valence electrons. The average Bonchev–Trinajstić information content (AvgIpc) is 2.88. The lowest BCUT2D eigenvalue weighted by Crippen LogP contribution is -2.40. The van der Waals surface area contributed by atoms with E-state index in [9.17, 15) is 0 Å². The number of benzene rings is 3. The summed E-state index contributed by atoms with van der Waals surface area (Å²) in [6.07, 6.45) is 15.4. The highest BCUT2D eigenvalue weighted by Crippen LogP contribution is 2.51. The van der Waals surface area contributed by atoms with Gasteiger partial charge in [0.05, 0.1) is 11.4 Å². The Morgan fingerprint density at radius 1 is 0.625 bits per heavy atom. The fourth-order valence-corrected chi connectivity index (χ4v) is 5.50. The molecule has 4 heterocycles. The summed E-state index contributed by atoms with van der Waals surface area (Å²) < 4.78 is 0. The number of nitrogens with zero attached hydrogens (tertiary/aromatic N) is 1. The van der Waals surface area contributed by atoms with Gasteiger partial charge in [0.25, 0.3) is 0 Å². The van der Waals surface area contributed by atoms with Crippen LogP contribution in [-0.4, -0.2) is 6.71 Å². The third-order valence-corrected chi connectivity index (χ3v) is 6.88. The van der Waals surface area contributed by atoms with E-state index >= 15 is 0 Å². The molecule has 32 heavy (non-hydrogen) atoms. The maximum Gasteiger partial charge on any atom is 0.235 e. The van der Waals surface area contributed by atoms with Crippen LogP contribution >= 0.6 is 0 Å². The Balaban J connectivity index is 1.58. The zero-order chi connectivity index (χ0) is 21.1. The van der Waals surface area contributed by atoms with Gasteiger partial charge in [-0.15, -0.1) is 5.98 Å². The van der Waals surface area contributed by atoms with Crippen LogP contribution in [0.5, 0.6) is 0 Å². The second-order valence-corrected chi connectivity index (χ2v) is 8.57. The van der Waals surface area contributed by atoms with Crippen molar-refractivity contribution in [3.05, 3.63) is 144 Å². The molecule has 0 atom stereocenters. The summed E-state index contributed by atoms with van der Waals surface area (Å²) in [5.74, 6) is 2.34. The molecule has 0 amide bonds. The van der Waals surface area contributed by atoms with Crippen molar-refractivity contribution in [3.63, 3.8) is 0 Å². The Morgan fingerprint density at radius 3 is 2.41 bits per heavy atom. The minimum atomic E-state index is 0.290. The van der Waals surface area contributed by atoms with Crippen molar-refractivity contribution in [1.29, 1.82) is 0 Å². The Hall–Kier alpha value is -4.04. The van der Waals surface area contributed by atoms with E-state index in [0.29, 0.717) is 6.71 Å². The number of rotatable bonds is 1. The molecule has 3 aromatic rings. The molecule has 0 fully saturated rings. The van der Waals surface area contributed by atoms with E-state index < -0.39 is 0 Å². The Labute approximate surface area is 188 Å². The zero-order valence-corrected chi connectivity index (χ0v) is 17.6. The molecule has 4 aliphatic rings. The molecule has 2 heteroatoms. The quantitative estimate of drug-likeness (QED) is 0.427. The Morgan fingerprint density at radius 2 is 1.47 bits per heavy atom. The van der Waals surface area contributed by atoms with E-state index in [1.807, 2.05) is 0 Å². The first-order valence-corrected chi connectivity index (χ1v) is 11.2. The molecule has 1 nitrogen and oxygen atoms in total. The summed E-state index contributed by atoms with van der Waals surface area (Å²) in [7, 11) is 0. The van der Waals surface area contributed by atoms with E-state index in [2.05, 4.69) is 126 Å². The van der Waals surface area contributed by atoms with Gasteiger partial charge in [0.15, 0.2) is 0 Å². The van der Waals surface area contributed by atoms with Crippen LogP contribution in [0.25, 0.3) is 22.3 Å². The molecule has 0 N–H and O–H groups in total. The van der Waals surface area contributed by atoms with Crippen molar-refractivity contribution in [2.75, 3.05) is 4.90 Å². The molecule has 4 aliphatic heterocycles. The summed E-state index contributed by atoms with van der Waals surface area (Å²) >= 11 is 0. The van der Waals surface area contributed by atoms with Crippen LogP contribution in [0.1, 0.15) is 11.1 Å². The lowest BCUT2D eigenvalue weighted by Gasteiger charge is -2.40. The molecular formula is C30H20BN. The van der Waals surface area contributed by atoms with Gasteiger partial charge in [-0.05, 0) is 46.5 Å².